The molecular weight excluding hydrogens is 230 g/mol. The first kappa shape index (κ1) is 13.9. The molecule has 18 heavy (non-hydrogen) atoms. The van der Waals surface area contributed by atoms with Crippen LogP contribution >= 0.6 is 0 Å². The molecule has 0 spiro atoms. The average Bonchev–Trinajstić information content (AvgIpc) is 2.38. The molecule has 0 saturated heterocycles. The second kappa shape index (κ2) is 6.55. The Labute approximate surface area is 106 Å². The van der Waals surface area contributed by atoms with Gasteiger partial charge in [-0.15, -0.1) is 0 Å². The Morgan fingerprint density at radius 2 is 1.94 bits per heavy atom. The van der Waals surface area contributed by atoms with Crippen LogP contribution in [0.4, 0.5) is 0 Å². The Morgan fingerprint density at radius 3 is 2.39 bits per heavy atom. The summed E-state index contributed by atoms with van der Waals surface area (Å²) in [4.78, 5) is 22.9. The molecule has 1 rings (SSSR count). The largest absolute Gasteiger partial charge is 0.468 e. The smallest absolute Gasteiger partial charge is 0.323 e. The van der Waals surface area contributed by atoms with Gasteiger partial charge in [0.25, 0.3) is 0 Å². The van der Waals surface area contributed by atoms with Crippen LogP contribution in [0.2, 0.25) is 0 Å². The summed E-state index contributed by atoms with van der Waals surface area (Å²) >= 11 is 0. The molecule has 4 heteroatoms. The second-order valence-electron chi connectivity index (χ2n) is 4.05. The first-order valence-corrected chi connectivity index (χ1v) is 5.62. The minimum absolute atomic E-state index is 0.0620. The number of carbonyl (C=O) groups excluding carboxylic acids is 2. The molecule has 0 radical (unpaired) electrons. The van der Waals surface area contributed by atoms with Gasteiger partial charge in [0, 0.05) is 12.3 Å². The Bertz CT molecular complexity index is 462. The van der Waals surface area contributed by atoms with E-state index in [0.29, 0.717) is 0 Å². The van der Waals surface area contributed by atoms with Crippen molar-refractivity contribution in [3.63, 3.8) is 0 Å². The minimum atomic E-state index is -0.957. The number of hydrogen-bond donors (Lipinski definition) is 0. The number of ketones is 1. The molecule has 2 unspecified atom stereocenters. The zero-order valence-electron chi connectivity index (χ0n) is 10.4. The fourth-order valence-electron chi connectivity index (χ4n) is 1.87. The zero-order chi connectivity index (χ0) is 13.5. The second-order valence-corrected chi connectivity index (χ2v) is 4.05. The van der Waals surface area contributed by atoms with E-state index in [4.69, 9.17) is 5.26 Å². The van der Waals surface area contributed by atoms with E-state index in [-0.39, 0.29) is 12.2 Å². The lowest BCUT2D eigenvalue weighted by Gasteiger charge is -2.19. The van der Waals surface area contributed by atoms with Crippen LogP contribution in [-0.4, -0.2) is 18.9 Å². The molecule has 4 nitrogen and oxygen atoms in total. The molecule has 0 aromatic heterocycles. The topological polar surface area (TPSA) is 67.2 Å². The van der Waals surface area contributed by atoms with Gasteiger partial charge in [-0.1, -0.05) is 30.3 Å². The van der Waals surface area contributed by atoms with E-state index in [1.54, 1.807) is 12.1 Å². The van der Waals surface area contributed by atoms with Crippen LogP contribution in [-0.2, 0) is 14.3 Å². The molecule has 0 aliphatic carbocycles. The fourth-order valence-corrected chi connectivity index (χ4v) is 1.87. The molecular formula is C14H15NO3. The lowest BCUT2D eigenvalue weighted by molar-refractivity contribution is -0.144. The number of methoxy groups -OCH3 is 1. The maximum absolute atomic E-state index is 11.6. The zero-order valence-corrected chi connectivity index (χ0v) is 10.4. The number of carbonyl (C=O) groups is 2. The molecule has 1 aromatic rings. The van der Waals surface area contributed by atoms with Crippen LogP contribution in [0.25, 0.3) is 0 Å². The van der Waals surface area contributed by atoms with Gasteiger partial charge in [0.15, 0.2) is 5.92 Å². The number of Topliss-reactive ketones (excluding diaryl/α,β-unsaturated/α-hetero) is 1. The SMILES string of the molecule is COC(=O)C(C#N)C(CC(C)=O)c1ccccc1. The van der Waals surface area contributed by atoms with Gasteiger partial charge < -0.3 is 9.53 Å². The summed E-state index contributed by atoms with van der Waals surface area (Å²) < 4.78 is 4.61. The normalized spacial score (nSPS) is 13.2. The van der Waals surface area contributed by atoms with E-state index < -0.39 is 17.8 Å². The third-order valence-electron chi connectivity index (χ3n) is 2.73. The van der Waals surface area contributed by atoms with Gasteiger partial charge in [-0.25, -0.2) is 0 Å². The number of hydrogen-bond acceptors (Lipinski definition) is 4. The van der Waals surface area contributed by atoms with Gasteiger partial charge >= 0.3 is 5.97 Å². The number of rotatable bonds is 5. The summed E-state index contributed by atoms with van der Waals surface area (Å²) in [5.41, 5.74) is 0.796. The monoisotopic (exact) mass is 245 g/mol. The first-order chi connectivity index (χ1) is 8.60. The number of benzene rings is 1. The summed E-state index contributed by atoms with van der Waals surface area (Å²) in [5.74, 6) is -2.08. The highest BCUT2D eigenvalue weighted by molar-refractivity contribution is 5.80. The van der Waals surface area contributed by atoms with E-state index >= 15 is 0 Å². The van der Waals surface area contributed by atoms with Crippen molar-refractivity contribution in [1.29, 1.82) is 5.26 Å². The summed E-state index contributed by atoms with van der Waals surface area (Å²) in [6.07, 6.45) is 0.150. The Hall–Kier alpha value is -2.15. The van der Waals surface area contributed by atoms with Gasteiger partial charge in [0.2, 0.25) is 0 Å². The van der Waals surface area contributed by atoms with E-state index in [1.165, 1.54) is 14.0 Å². The van der Waals surface area contributed by atoms with Crippen LogP contribution < -0.4 is 0 Å². The van der Waals surface area contributed by atoms with Crippen molar-refractivity contribution >= 4 is 11.8 Å². The molecule has 0 fully saturated rings. The van der Waals surface area contributed by atoms with Crippen molar-refractivity contribution in [3.8, 4) is 6.07 Å². The first-order valence-electron chi connectivity index (χ1n) is 5.62. The van der Waals surface area contributed by atoms with Crippen molar-refractivity contribution in [1.82, 2.24) is 0 Å². The van der Waals surface area contributed by atoms with E-state index in [1.807, 2.05) is 24.3 Å². The molecule has 0 aliphatic heterocycles. The maximum atomic E-state index is 11.6. The van der Waals surface area contributed by atoms with Gasteiger partial charge in [-0.05, 0) is 12.5 Å². The van der Waals surface area contributed by atoms with Crippen LogP contribution in [0.5, 0.6) is 0 Å². The molecule has 2 atom stereocenters. The molecule has 0 aliphatic rings. The Kier molecular flexibility index (Phi) is 5.06. The molecule has 0 bridgehead atoms. The number of esters is 1. The summed E-state index contributed by atoms with van der Waals surface area (Å²) in [6, 6.07) is 11.0. The van der Waals surface area contributed by atoms with Crippen LogP contribution in [0, 0.1) is 17.2 Å². The minimum Gasteiger partial charge on any atom is -0.468 e. The highest BCUT2D eigenvalue weighted by atomic mass is 16.5. The average molecular weight is 245 g/mol. The van der Waals surface area contributed by atoms with Crippen molar-refractivity contribution in [3.05, 3.63) is 35.9 Å². The third kappa shape index (κ3) is 3.42. The van der Waals surface area contributed by atoms with E-state index in [2.05, 4.69) is 4.74 Å². The Morgan fingerprint density at radius 1 is 1.33 bits per heavy atom. The van der Waals surface area contributed by atoms with E-state index in [9.17, 15) is 9.59 Å². The fraction of sp³-hybridized carbons (Fsp3) is 0.357. The number of nitriles is 1. The molecule has 1 aromatic carbocycles. The molecule has 94 valence electrons. The maximum Gasteiger partial charge on any atom is 0.323 e. The highest BCUT2D eigenvalue weighted by Crippen LogP contribution is 2.29. The van der Waals surface area contributed by atoms with Crippen molar-refractivity contribution < 1.29 is 14.3 Å². The Balaban J connectivity index is 3.09. The standard InChI is InChI=1S/C14H15NO3/c1-10(16)8-12(11-6-4-3-5-7-11)13(9-15)14(17)18-2/h3-7,12-13H,8H2,1-2H3. The quantitative estimate of drug-likeness (QED) is 0.745. The van der Waals surface area contributed by atoms with Crippen LogP contribution in [0.15, 0.2) is 30.3 Å². The predicted octanol–water partition coefficient (Wildman–Crippen LogP) is 2.06. The molecule has 0 saturated carbocycles. The van der Waals surface area contributed by atoms with Gasteiger partial charge in [0.05, 0.1) is 13.2 Å². The van der Waals surface area contributed by atoms with Gasteiger partial charge in [0.1, 0.15) is 5.78 Å². The molecule has 0 amide bonds. The van der Waals surface area contributed by atoms with Gasteiger partial charge in [-0.3, -0.25) is 4.79 Å². The third-order valence-corrected chi connectivity index (χ3v) is 2.73. The van der Waals surface area contributed by atoms with Crippen molar-refractivity contribution in [2.24, 2.45) is 5.92 Å². The van der Waals surface area contributed by atoms with Crippen LogP contribution in [0.1, 0.15) is 24.8 Å². The lowest BCUT2D eigenvalue weighted by atomic mass is 9.83. The van der Waals surface area contributed by atoms with Crippen LogP contribution in [0.3, 0.4) is 0 Å². The van der Waals surface area contributed by atoms with Gasteiger partial charge in [-0.2, -0.15) is 5.26 Å². The molecule has 0 heterocycles. The van der Waals surface area contributed by atoms with E-state index in [0.717, 1.165) is 5.56 Å². The number of nitrogens with zero attached hydrogens (tertiary/aromatic N) is 1. The van der Waals surface area contributed by atoms with Crippen molar-refractivity contribution in [2.45, 2.75) is 19.3 Å². The highest BCUT2D eigenvalue weighted by Gasteiger charge is 2.31. The lowest BCUT2D eigenvalue weighted by Crippen LogP contribution is -2.24. The summed E-state index contributed by atoms with van der Waals surface area (Å²) in [5, 5.41) is 9.11. The predicted molar refractivity (Wildman–Crippen MR) is 65.6 cm³/mol. The summed E-state index contributed by atoms with van der Waals surface area (Å²) in [6.45, 7) is 1.45. The number of ether oxygens (including phenoxy) is 1. The van der Waals surface area contributed by atoms with Crippen molar-refractivity contribution in [2.75, 3.05) is 7.11 Å². The molecule has 0 N–H and O–H groups in total. The summed E-state index contributed by atoms with van der Waals surface area (Å²) in [7, 11) is 1.24.